The number of fused-ring (bicyclic) bond motifs is 1. The van der Waals surface area contributed by atoms with Crippen molar-refractivity contribution in [3.63, 3.8) is 0 Å². The number of nitrogens with one attached hydrogen (secondary N) is 1. The summed E-state index contributed by atoms with van der Waals surface area (Å²) in [5.74, 6) is 0.513. The molecule has 2 aromatic carbocycles. The smallest absolute Gasteiger partial charge is 0.260 e. The summed E-state index contributed by atoms with van der Waals surface area (Å²) in [5, 5.41) is 3.50. The number of anilines is 1. The molecule has 0 bridgehead atoms. The van der Waals surface area contributed by atoms with Gasteiger partial charge in [-0.1, -0.05) is 36.4 Å². The quantitative estimate of drug-likeness (QED) is 0.645. The Bertz CT molecular complexity index is 1170. The molecule has 8 heteroatoms. The number of morpholine rings is 1. The van der Waals surface area contributed by atoms with E-state index in [-0.39, 0.29) is 18.6 Å². The Morgan fingerprint density at radius 2 is 1.78 bits per heavy atom. The topological polar surface area (TPSA) is 77.1 Å². The highest BCUT2D eigenvalue weighted by atomic mass is 32.1. The van der Waals surface area contributed by atoms with Crippen molar-refractivity contribution in [1.82, 2.24) is 4.90 Å². The molecule has 2 aliphatic heterocycles. The lowest BCUT2D eigenvalue weighted by molar-refractivity contribution is 0.0303. The van der Waals surface area contributed by atoms with E-state index >= 15 is 0 Å². The van der Waals surface area contributed by atoms with Crippen LogP contribution in [0.3, 0.4) is 0 Å². The molecule has 2 amide bonds. The molecule has 3 aromatic rings. The predicted octanol–water partition coefficient (Wildman–Crippen LogP) is 4.18. The second-order valence-corrected chi connectivity index (χ2v) is 8.55. The van der Waals surface area contributed by atoms with Gasteiger partial charge in [0.25, 0.3) is 11.8 Å². The van der Waals surface area contributed by atoms with Gasteiger partial charge in [0.05, 0.1) is 24.3 Å². The average Bonchev–Trinajstić information content (AvgIpc) is 3.44. The van der Waals surface area contributed by atoms with Gasteiger partial charge in [0.15, 0.2) is 11.5 Å². The molecule has 0 spiro atoms. The summed E-state index contributed by atoms with van der Waals surface area (Å²) in [6.07, 6.45) is 0. The molecule has 0 unspecified atom stereocenters. The number of thiophene rings is 1. The normalized spacial score (nSPS) is 15.0. The zero-order valence-electron chi connectivity index (χ0n) is 17.6. The summed E-state index contributed by atoms with van der Waals surface area (Å²) >= 11 is 1.41. The van der Waals surface area contributed by atoms with Crippen LogP contribution in [0.15, 0.2) is 48.5 Å². The molecule has 1 N–H and O–H groups in total. The van der Waals surface area contributed by atoms with Gasteiger partial charge in [-0.15, -0.1) is 11.3 Å². The summed E-state index contributed by atoms with van der Waals surface area (Å²) in [7, 11) is 0. The Kier molecular flexibility index (Phi) is 5.55. The zero-order chi connectivity index (χ0) is 22.1. The number of rotatable bonds is 4. The van der Waals surface area contributed by atoms with E-state index in [4.69, 9.17) is 14.2 Å². The minimum atomic E-state index is -0.343. The average molecular weight is 451 g/mol. The van der Waals surface area contributed by atoms with Crippen molar-refractivity contribution in [2.75, 3.05) is 38.4 Å². The third-order valence-electron chi connectivity index (χ3n) is 5.56. The number of amides is 2. The molecule has 7 nitrogen and oxygen atoms in total. The first-order valence-corrected chi connectivity index (χ1v) is 11.2. The fraction of sp³-hybridized carbons (Fsp3) is 0.250. The fourth-order valence-corrected chi connectivity index (χ4v) is 5.13. The third kappa shape index (κ3) is 3.72. The molecule has 0 saturated carbocycles. The highest BCUT2D eigenvalue weighted by molar-refractivity contribution is 7.20. The Labute approximate surface area is 189 Å². The Hall–Kier alpha value is -3.36. The van der Waals surface area contributed by atoms with Crippen molar-refractivity contribution in [1.29, 1.82) is 0 Å². The van der Waals surface area contributed by atoms with Gasteiger partial charge in [0.1, 0.15) is 5.00 Å². The zero-order valence-corrected chi connectivity index (χ0v) is 18.4. The lowest BCUT2D eigenvalue weighted by atomic mass is 10.1. The Morgan fingerprint density at radius 1 is 1.00 bits per heavy atom. The lowest BCUT2D eigenvalue weighted by Crippen LogP contribution is -2.41. The molecule has 2 aliphatic rings. The minimum absolute atomic E-state index is 0.0800. The van der Waals surface area contributed by atoms with Gasteiger partial charge in [-0.05, 0) is 30.2 Å². The van der Waals surface area contributed by atoms with Crippen LogP contribution in [0.5, 0.6) is 11.5 Å². The SMILES string of the molecule is Cc1c(-c2ccccc2)sc(NC(=O)c2cccc3c2OCO3)c1C(=O)N1CCOCC1. The van der Waals surface area contributed by atoms with Crippen LogP contribution in [0.2, 0.25) is 0 Å². The van der Waals surface area contributed by atoms with E-state index in [2.05, 4.69) is 5.32 Å². The fourth-order valence-electron chi connectivity index (χ4n) is 3.93. The van der Waals surface area contributed by atoms with E-state index in [1.165, 1.54) is 11.3 Å². The van der Waals surface area contributed by atoms with Crippen molar-refractivity contribution < 1.29 is 23.8 Å². The first-order chi connectivity index (χ1) is 15.6. The predicted molar refractivity (Wildman–Crippen MR) is 122 cm³/mol. The molecule has 0 radical (unpaired) electrons. The molecule has 0 atom stereocenters. The maximum absolute atomic E-state index is 13.5. The molecular weight excluding hydrogens is 428 g/mol. The number of hydrogen-bond acceptors (Lipinski definition) is 6. The van der Waals surface area contributed by atoms with Gasteiger partial charge >= 0.3 is 0 Å². The maximum atomic E-state index is 13.5. The number of para-hydroxylation sites is 1. The maximum Gasteiger partial charge on any atom is 0.260 e. The molecule has 1 fully saturated rings. The van der Waals surface area contributed by atoms with Crippen molar-refractivity contribution in [3.05, 3.63) is 65.2 Å². The standard InChI is InChI=1S/C24H22N2O5S/c1-15-19(24(28)26-10-12-29-13-11-26)23(32-21(15)16-6-3-2-4-7-16)25-22(27)17-8-5-9-18-20(17)31-14-30-18/h2-9H,10-14H2,1H3,(H,25,27). The van der Waals surface area contributed by atoms with Crippen LogP contribution < -0.4 is 14.8 Å². The molecule has 5 rings (SSSR count). The van der Waals surface area contributed by atoms with Gasteiger partial charge in [0, 0.05) is 18.0 Å². The van der Waals surface area contributed by atoms with Crippen LogP contribution in [0.25, 0.3) is 10.4 Å². The largest absolute Gasteiger partial charge is 0.454 e. The molecule has 1 aromatic heterocycles. The van der Waals surface area contributed by atoms with E-state index in [1.54, 1.807) is 23.1 Å². The van der Waals surface area contributed by atoms with E-state index in [9.17, 15) is 9.59 Å². The second kappa shape index (κ2) is 8.64. The Morgan fingerprint density at radius 3 is 2.56 bits per heavy atom. The van der Waals surface area contributed by atoms with E-state index in [0.29, 0.717) is 53.9 Å². The Balaban J connectivity index is 1.54. The molecule has 164 valence electrons. The van der Waals surface area contributed by atoms with Crippen LogP contribution in [-0.2, 0) is 4.74 Å². The van der Waals surface area contributed by atoms with E-state index in [1.807, 2.05) is 37.3 Å². The number of ether oxygens (including phenoxy) is 3. The number of benzene rings is 2. The van der Waals surface area contributed by atoms with Crippen LogP contribution in [0.4, 0.5) is 5.00 Å². The molecular formula is C24H22N2O5S. The van der Waals surface area contributed by atoms with E-state index < -0.39 is 0 Å². The third-order valence-corrected chi connectivity index (χ3v) is 6.82. The first-order valence-electron chi connectivity index (χ1n) is 10.4. The van der Waals surface area contributed by atoms with Crippen molar-refractivity contribution >= 4 is 28.2 Å². The van der Waals surface area contributed by atoms with Crippen LogP contribution in [0.1, 0.15) is 26.3 Å². The molecule has 3 heterocycles. The van der Waals surface area contributed by atoms with Gasteiger partial charge in [-0.3, -0.25) is 9.59 Å². The van der Waals surface area contributed by atoms with Crippen molar-refractivity contribution in [3.8, 4) is 21.9 Å². The minimum Gasteiger partial charge on any atom is -0.454 e. The molecule has 32 heavy (non-hydrogen) atoms. The van der Waals surface area contributed by atoms with Crippen molar-refractivity contribution in [2.45, 2.75) is 6.92 Å². The summed E-state index contributed by atoms with van der Waals surface area (Å²) in [6.45, 7) is 4.08. The monoisotopic (exact) mass is 450 g/mol. The van der Waals surface area contributed by atoms with Crippen molar-refractivity contribution in [2.24, 2.45) is 0 Å². The summed E-state index contributed by atoms with van der Waals surface area (Å²) in [4.78, 5) is 29.4. The number of hydrogen-bond donors (Lipinski definition) is 1. The summed E-state index contributed by atoms with van der Waals surface area (Å²) < 4.78 is 16.3. The van der Waals surface area contributed by atoms with Gasteiger partial charge in [-0.25, -0.2) is 0 Å². The second-order valence-electron chi connectivity index (χ2n) is 7.52. The van der Waals surface area contributed by atoms with Crippen LogP contribution in [-0.4, -0.2) is 49.8 Å². The molecule has 0 aliphatic carbocycles. The van der Waals surface area contributed by atoms with Gasteiger partial charge in [-0.2, -0.15) is 0 Å². The number of carbonyl (C=O) groups is 2. The highest BCUT2D eigenvalue weighted by Crippen LogP contribution is 2.42. The summed E-state index contributed by atoms with van der Waals surface area (Å²) in [5.41, 5.74) is 2.75. The summed E-state index contributed by atoms with van der Waals surface area (Å²) in [6, 6.07) is 15.1. The number of carbonyl (C=O) groups excluding carboxylic acids is 2. The van der Waals surface area contributed by atoms with Gasteiger partial charge in [0.2, 0.25) is 6.79 Å². The lowest BCUT2D eigenvalue weighted by Gasteiger charge is -2.27. The highest BCUT2D eigenvalue weighted by Gasteiger charge is 2.29. The van der Waals surface area contributed by atoms with Gasteiger partial charge < -0.3 is 24.4 Å². The first kappa shape index (κ1) is 20.5. The van der Waals surface area contributed by atoms with Crippen LogP contribution in [0, 0.1) is 6.92 Å². The molecule has 1 saturated heterocycles. The van der Waals surface area contributed by atoms with Crippen LogP contribution >= 0.6 is 11.3 Å². The van der Waals surface area contributed by atoms with E-state index in [0.717, 1.165) is 16.0 Å². The number of nitrogens with zero attached hydrogens (tertiary/aromatic N) is 1.